The Bertz CT molecular complexity index is 745. The monoisotopic (exact) mass is 298 g/mol. The van der Waals surface area contributed by atoms with E-state index in [9.17, 15) is 4.79 Å². The summed E-state index contributed by atoms with van der Waals surface area (Å²) < 4.78 is 1.86. The third-order valence-corrected chi connectivity index (χ3v) is 4.19. The first-order valence-corrected chi connectivity index (χ1v) is 7.66. The van der Waals surface area contributed by atoms with Crippen molar-refractivity contribution in [1.29, 1.82) is 5.26 Å². The van der Waals surface area contributed by atoms with E-state index in [1.165, 1.54) is 11.3 Å². The standard InChI is InChI=1S/C15H14N4OS/c16-11-12-3-5-13(6-4-12)19-9-10-21-15(19)17-14(20)18-7-1-2-8-18/h3-6,9-10H,1-2,7-8H2/b17-15-. The first-order valence-electron chi connectivity index (χ1n) is 6.78. The highest BCUT2D eigenvalue weighted by atomic mass is 32.1. The van der Waals surface area contributed by atoms with Gasteiger partial charge >= 0.3 is 6.03 Å². The van der Waals surface area contributed by atoms with Crippen molar-refractivity contribution in [2.24, 2.45) is 4.99 Å². The van der Waals surface area contributed by atoms with Gasteiger partial charge in [0.1, 0.15) is 0 Å². The molecule has 1 aliphatic heterocycles. The zero-order valence-electron chi connectivity index (χ0n) is 11.4. The first kappa shape index (κ1) is 13.6. The van der Waals surface area contributed by atoms with Crippen molar-refractivity contribution < 1.29 is 4.79 Å². The number of hydrogen-bond acceptors (Lipinski definition) is 3. The summed E-state index contributed by atoms with van der Waals surface area (Å²) in [5, 5.41) is 10.7. The van der Waals surface area contributed by atoms with Gasteiger partial charge in [-0.05, 0) is 37.1 Å². The Morgan fingerprint density at radius 1 is 1.24 bits per heavy atom. The van der Waals surface area contributed by atoms with Gasteiger partial charge in [-0.2, -0.15) is 10.3 Å². The third-order valence-electron chi connectivity index (χ3n) is 3.43. The van der Waals surface area contributed by atoms with Crippen molar-refractivity contribution in [3.05, 3.63) is 46.2 Å². The Morgan fingerprint density at radius 3 is 2.62 bits per heavy atom. The van der Waals surface area contributed by atoms with Gasteiger partial charge in [0.05, 0.1) is 11.6 Å². The van der Waals surface area contributed by atoms with E-state index >= 15 is 0 Å². The van der Waals surface area contributed by atoms with Crippen molar-refractivity contribution in [3.63, 3.8) is 0 Å². The smallest absolute Gasteiger partial charge is 0.323 e. The minimum absolute atomic E-state index is 0.169. The molecule has 0 aliphatic carbocycles. The van der Waals surface area contributed by atoms with E-state index in [0.29, 0.717) is 10.4 Å². The minimum Gasteiger partial charge on any atom is -0.323 e. The molecule has 0 spiro atoms. The van der Waals surface area contributed by atoms with Gasteiger partial charge in [0, 0.05) is 30.4 Å². The van der Waals surface area contributed by atoms with E-state index in [4.69, 9.17) is 5.26 Å². The molecule has 106 valence electrons. The average molecular weight is 298 g/mol. The third kappa shape index (κ3) is 2.88. The molecule has 2 amide bonds. The fourth-order valence-corrected chi connectivity index (χ4v) is 3.02. The van der Waals surface area contributed by atoms with Crippen LogP contribution in [0.5, 0.6) is 0 Å². The summed E-state index contributed by atoms with van der Waals surface area (Å²) in [6, 6.07) is 9.14. The molecule has 1 fully saturated rings. The van der Waals surface area contributed by atoms with Gasteiger partial charge in [0.25, 0.3) is 0 Å². The summed E-state index contributed by atoms with van der Waals surface area (Å²) in [6.45, 7) is 1.59. The fraction of sp³-hybridized carbons (Fsp3) is 0.267. The van der Waals surface area contributed by atoms with Crippen molar-refractivity contribution in [2.75, 3.05) is 13.1 Å². The molecule has 6 heteroatoms. The average Bonchev–Trinajstić information content (AvgIpc) is 3.19. The molecule has 0 atom stereocenters. The zero-order chi connectivity index (χ0) is 14.7. The second-order valence-electron chi connectivity index (χ2n) is 4.80. The van der Waals surface area contributed by atoms with Gasteiger partial charge in [0.15, 0.2) is 4.80 Å². The molecule has 1 saturated heterocycles. The predicted molar refractivity (Wildman–Crippen MR) is 80.1 cm³/mol. The highest BCUT2D eigenvalue weighted by Crippen LogP contribution is 2.10. The molecule has 0 radical (unpaired) electrons. The van der Waals surface area contributed by atoms with Gasteiger partial charge in [-0.3, -0.25) is 4.57 Å². The molecule has 3 rings (SSSR count). The maximum Gasteiger partial charge on any atom is 0.346 e. The normalized spacial score (nSPS) is 15.2. The second kappa shape index (κ2) is 5.94. The molecule has 5 nitrogen and oxygen atoms in total. The fourth-order valence-electron chi connectivity index (χ4n) is 2.31. The molecule has 1 aromatic heterocycles. The lowest BCUT2D eigenvalue weighted by Crippen LogP contribution is -2.27. The van der Waals surface area contributed by atoms with Crippen LogP contribution in [0.15, 0.2) is 40.8 Å². The van der Waals surface area contributed by atoms with Crippen LogP contribution in [0.4, 0.5) is 4.79 Å². The van der Waals surface area contributed by atoms with E-state index in [2.05, 4.69) is 11.1 Å². The van der Waals surface area contributed by atoms with Crippen LogP contribution in [-0.2, 0) is 0 Å². The minimum atomic E-state index is -0.169. The quantitative estimate of drug-likeness (QED) is 0.812. The van der Waals surface area contributed by atoms with E-state index in [1.54, 1.807) is 17.0 Å². The van der Waals surface area contributed by atoms with Gasteiger partial charge in [-0.1, -0.05) is 0 Å². The van der Waals surface area contributed by atoms with Crippen molar-refractivity contribution in [1.82, 2.24) is 9.47 Å². The zero-order valence-corrected chi connectivity index (χ0v) is 12.2. The summed E-state index contributed by atoms with van der Waals surface area (Å²) in [5.74, 6) is 0. The number of carbonyl (C=O) groups excluding carboxylic acids is 1. The van der Waals surface area contributed by atoms with Crippen LogP contribution in [0.1, 0.15) is 18.4 Å². The highest BCUT2D eigenvalue weighted by Gasteiger charge is 2.17. The molecule has 0 N–H and O–H groups in total. The largest absolute Gasteiger partial charge is 0.346 e. The summed E-state index contributed by atoms with van der Waals surface area (Å²) in [7, 11) is 0. The molecular weight excluding hydrogens is 284 g/mol. The highest BCUT2D eigenvalue weighted by molar-refractivity contribution is 7.07. The number of nitrogens with zero attached hydrogens (tertiary/aromatic N) is 4. The number of urea groups is 1. The van der Waals surface area contributed by atoms with Crippen LogP contribution >= 0.6 is 11.3 Å². The van der Waals surface area contributed by atoms with Gasteiger partial charge < -0.3 is 4.90 Å². The van der Waals surface area contributed by atoms with Crippen molar-refractivity contribution in [2.45, 2.75) is 12.8 Å². The number of likely N-dealkylation sites (tertiary alicyclic amines) is 1. The summed E-state index contributed by atoms with van der Waals surface area (Å²) in [6.07, 6.45) is 3.99. The number of carbonyl (C=O) groups is 1. The summed E-state index contributed by atoms with van der Waals surface area (Å²) >= 11 is 1.43. The number of thiazole rings is 1. The molecule has 2 aromatic rings. The number of nitriles is 1. The Kier molecular flexibility index (Phi) is 3.84. The lowest BCUT2D eigenvalue weighted by molar-refractivity contribution is 0.218. The number of amides is 2. The van der Waals surface area contributed by atoms with Crippen LogP contribution < -0.4 is 4.80 Å². The van der Waals surface area contributed by atoms with Crippen LogP contribution in [0, 0.1) is 11.3 Å². The van der Waals surface area contributed by atoms with E-state index in [1.807, 2.05) is 28.3 Å². The number of hydrogen-bond donors (Lipinski definition) is 0. The Hall–Kier alpha value is -2.39. The van der Waals surface area contributed by atoms with E-state index in [0.717, 1.165) is 31.6 Å². The SMILES string of the molecule is N#Cc1ccc(-n2ccs/c2=N\C(=O)N2CCCC2)cc1. The van der Waals surface area contributed by atoms with Crippen LogP contribution in [-0.4, -0.2) is 28.6 Å². The van der Waals surface area contributed by atoms with Gasteiger partial charge in [-0.15, -0.1) is 11.3 Å². The van der Waals surface area contributed by atoms with Crippen LogP contribution in [0.25, 0.3) is 5.69 Å². The topological polar surface area (TPSA) is 61.4 Å². The Balaban J connectivity index is 1.92. The molecule has 0 saturated carbocycles. The summed E-state index contributed by atoms with van der Waals surface area (Å²) in [4.78, 5) is 18.8. The number of benzene rings is 1. The Morgan fingerprint density at radius 2 is 1.95 bits per heavy atom. The molecule has 1 aromatic carbocycles. The number of rotatable bonds is 1. The van der Waals surface area contributed by atoms with Gasteiger partial charge in [0.2, 0.25) is 0 Å². The van der Waals surface area contributed by atoms with Gasteiger partial charge in [-0.25, -0.2) is 4.79 Å². The molecule has 0 unspecified atom stereocenters. The lowest BCUT2D eigenvalue weighted by Gasteiger charge is -2.10. The second-order valence-corrected chi connectivity index (χ2v) is 5.68. The molecule has 2 heterocycles. The van der Waals surface area contributed by atoms with Crippen LogP contribution in [0.3, 0.4) is 0 Å². The predicted octanol–water partition coefficient (Wildman–Crippen LogP) is 2.53. The summed E-state index contributed by atoms with van der Waals surface area (Å²) in [5.41, 5.74) is 1.50. The lowest BCUT2D eigenvalue weighted by atomic mass is 10.2. The maximum atomic E-state index is 12.1. The molecule has 0 bridgehead atoms. The first-order chi connectivity index (χ1) is 10.3. The van der Waals surface area contributed by atoms with Crippen LogP contribution in [0.2, 0.25) is 0 Å². The van der Waals surface area contributed by atoms with Crippen molar-refractivity contribution >= 4 is 17.4 Å². The Labute approximate surface area is 126 Å². The van der Waals surface area contributed by atoms with E-state index < -0.39 is 0 Å². The molecule has 21 heavy (non-hydrogen) atoms. The molecular formula is C15H14N4OS. The number of aromatic nitrogens is 1. The maximum absolute atomic E-state index is 12.1. The van der Waals surface area contributed by atoms with Crippen molar-refractivity contribution in [3.8, 4) is 11.8 Å². The molecule has 1 aliphatic rings. The van der Waals surface area contributed by atoms with E-state index in [-0.39, 0.29) is 6.03 Å².